The topological polar surface area (TPSA) is 131 Å². The normalized spacial score (nSPS) is 14.4. The van der Waals surface area contributed by atoms with Gasteiger partial charge in [-0.25, -0.2) is 4.57 Å². The molecule has 0 aliphatic rings. The molecule has 0 aliphatic heterocycles. The Morgan fingerprint density at radius 3 is 1.45 bits per heavy atom. The summed E-state index contributed by atoms with van der Waals surface area (Å²) in [5.41, 5.74) is 5.35. The van der Waals surface area contributed by atoms with Crippen LogP contribution in [0.25, 0.3) is 0 Å². The van der Waals surface area contributed by atoms with Crippen LogP contribution >= 0.6 is 7.82 Å². The third-order valence-electron chi connectivity index (χ3n) is 8.46. The van der Waals surface area contributed by atoms with Crippen LogP contribution in [-0.2, 0) is 18.4 Å². The lowest BCUT2D eigenvalue weighted by atomic mass is 10.0. The molecule has 0 spiro atoms. The monoisotopic (exact) mass is 649 g/mol. The smallest absolute Gasteiger partial charge is 0.391 e. The third-order valence-corrected chi connectivity index (χ3v) is 9.45. The van der Waals surface area contributed by atoms with Gasteiger partial charge in [0.15, 0.2) is 0 Å². The van der Waals surface area contributed by atoms with Gasteiger partial charge in [0.25, 0.3) is 0 Å². The molecule has 3 atom stereocenters. The molecule has 0 radical (unpaired) electrons. The number of rotatable bonds is 35. The van der Waals surface area contributed by atoms with Crippen LogP contribution < -0.4 is 11.1 Å². The Morgan fingerprint density at radius 2 is 1.05 bits per heavy atom. The molecule has 9 heteroatoms. The minimum atomic E-state index is -4.29. The second-order valence-corrected chi connectivity index (χ2v) is 14.3. The van der Waals surface area contributed by atoms with Crippen molar-refractivity contribution in [2.75, 3.05) is 19.8 Å². The summed E-state index contributed by atoms with van der Waals surface area (Å²) in [6.45, 7) is 4.18. The first-order chi connectivity index (χ1) is 21.4. The molecule has 0 aliphatic carbocycles. The van der Waals surface area contributed by atoms with Crippen LogP contribution in [0.1, 0.15) is 187 Å². The van der Waals surface area contributed by atoms with E-state index in [0.717, 1.165) is 38.5 Å². The van der Waals surface area contributed by atoms with Gasteiger partial charge in [-0.15, -0.1) is 0 Å². The Kier molecular flexibility index (Phi) is 32.1. The third kappa shape index (κ3) is 30.2. The zero-order valence-electron chi connectivity index (χ0n) is 28.9. The number of hydrogen-bond acceptors (Lipinski definition) is 6. The van der Waals surface area contributed by atoms with E-state index in [1.807, 2.05) is 0 Å². The zero-order chi connectivity index (χ0) is 32.6. The molecular formula is C35H73N2O6P. The van der Waals surface area contributed by atoms with Crippen LogP contribution in [0.3, 0.4) is 0 Å². The van der Waals surface area contributed by atoms with Crippen molar-refractivity contribution in [3.63, 3.8) is 0 Å². The van der Waals surface area contributed by atoms with Crippen LogP contribution in [0.2, 0.25) is 0 Å². The molecule has 3 unspecified atom stereocenters. The standard InChI is InChI=1S/C35H73N2O6P/c1-3-5-7-9-11-13-14-15-16-17-18-19-20-21-23-25-27-29-35(39)37-33(32-43-44(40,41)42-31-30-36)34(38)28-26-24-22-12-10-8-6-4-2/h33-34,38H,3-32,36H2,1-2H3,(H,37,39)(H,40,41). The Balaban J connectivity index is 4.11. The van der Waals surface area contributed by atoms with E-state index in [1.54, 1.807) is 0 Å². The highest BCUT2D eigenvalue weighted by atomic mass is 31.2. The highest BCUT2D eigenvalue weighted by Crippen LogP contribution is 2.43. The number of phosphoric ester groups is 1. The number of hydrogen-bond donors (Lipinski definition) is 4. The number of phosphoric acid groups is 1. The molecule has 0 saturated heterocycles. The van der Waals surface area contributed by atoms with E-state index in [-0.39, 0.29) is 25.7 Å². The molecule has 264 valence electrons. The number of carbonyl (C=O) groups is 1. The first kappa shape index (κ1) is 43.5. The van der Waals surface area contributed by atoms with Crippen molar-refractivity contribution < 1.29 is 28.4 Å². The summed E-state index contributed by atoms with van der Waals surface area (Å²) in [5, 5.41) is 13.6. The minimum Gasteiger partial charge on any atom is -0.391 e. The van der Waals surface area contributed by atoms with Gasteiger partial charge in [-0.05, 0) is 12.8 Å². The molecule has 0 aromatic carbocycles. The van der Waals surface area contributed by atoms with Crippen LogP contribution in [-0.4, -0.2) is 47.8 Å². The molecule has 0 aromatic heterocycles. The van der Waals surface area contributed by atoms with Crippen molar-refractivity contribution in [3.8, 4) is 0 Å². The van der Waals surface area contributed by atoms with Crippen molar-refractivity contribution in [2.45, 2.75) is 199 Å². The van der Waals surface area contributed by atoms with E-state index in [2.05, 4.69) is 19.2 Å². The minimum absolute atomic E-state index is 0.0918. The summed E-state index contributed by atoms with van der Waals surface area (Å²) >= 11 is 0. The van der Waals surface area contributed by atoms with Crippen molar-refractivity contribution >= 4 is 13.7 Å². The van der Waals surface area contributed by atoms with Gasteiger partial charge in [-0.3, -0.25) is 13.8 Å². The zero-order valence-corrected chi connectivity index (χ0v) is 29.8. The lowest BCUT2D eigenvalue weighted by molar-refractivity contribution is -0.123. The SMILES string of the molecule is CCCCCCCCCCCCCCCCCCCC(=O)NC(COP(=O)(O)OCCN)C(O)CCCCCCCCCC. The fourth-order valence-corrected chi connectivity index (χ4v) is 6.37. The summed E-state index contributed by atoms with van der Waals surface area (Å²) in [6.07, 6.45) is 31.2. The van der Waals surface area contributed by atoms with Crippen LogP contribution in [0.15, 0.2) is 0 Å². The van der Waals surface area contributed by atoms with Crippen molar-refractivity contribution in [3.05, 3.63) is 0 Å². The van der Waals surface area contributed by atoms with Gasteiger partial charge in [0.1, 0.15) is 0 Å². The van der Waals surface area contributed by atoms with Crippen molar-refractivity contribution in [2.24, 2.45) is 5.73 Å². The first-order valence-corrected chi connectivity index (χ1v) is 20.1. The van der Waals surface area contributed by atoms with E-state index in [4.69, 9.17) is 14.8 Å². The highest BCUT2D eigenvalue weighted by Gasteiger charge is 2.27. The molecule has 0 saturated carbocycles. The van der Waals surface area contributed by atoms with Gasteiger partial charge >= 0.3 is 7.82 Å². The highest BCUT2D eigenvalue weighted by molar-refractivity contribution is 7.47. The molecule has 0 fully saturated rings. The van der Waals surface area contributed by atoms with Gasteiger partial charge in [0.2, 0.25) is 5.91 Å². The maximum atomic E-state index is 12.7. The van der Waals surface area contributed by atoms with Gasteiger partial charge in [0, 0.05) is 13.0 Å². The van der Waals surface area contributed by atoms with E-state index < -0.39 is 20.0 Å². The van der Waals surface area contributed by atoms with Crippen LogP contribution in [0, 0.1) is 0 Å². The van der Waals surface area contributed by atoms with Gasteiger partial charge in [-0.1, -0.05) is 168 Å². The summed E-state index contributed by atoms with van der Waals surface area (Å²) < 4.78 is 22.0. The predicted molar refractivity (Wildman–Crippen MR) is 185 cm³/mol. The predicted octanol–water partition coefficient (Wildman–Crippen LogP) is 9.50. The molecule has 0 bridgehead atoms. The second kappa shape index (κ2) is 32.4. The molecule has 1 amide bonds. The Hall–Kier alpha value is -0.500. The molecule has 8 nitrogen and oxygen atoms in total. The number of carbonyl (C=O) groups excluding carboxylic acids is 1. The summed E-state index contributed by atoms with van der Waals surface area (Å²) in [5.74, 6) is -0.162. The van der Waals surface area contributed by atoms with Gasteiger partial charge < -0.3 is 21.1 Å². The van der Waals surface area contributed by atoms with E-state index >= 15 is 0 Å². The molecule has 0 aromatic rings. The average molecular weight is 649 g/mol. The Bertz CT molecular complexity index is 669. The Labute approximate surface area is 272 Å². The van der Waals surface area contributed by atoms with E-state index in [9.17, 15) is 19.4 Å². The maximum Gasteiger partial charge on any atom is 0.472 e. The van der Waals surface area contributed by atoms with Crippen LogP contribution in [0.4, 0.5) is 0 Å². The maximum absolute atomic E-state index is 12.7. The Morgan fingerprint density at radius 1 is 0.659 bits per heavy atom. The number of aliphatic hydroxyl groups is 1. The summed E-state index contributed by atoms with van der Waals surface area (Å²) in [6, 6.07) is -0.764. The quantitative estimate of drug-likeness (QED) is 0.0398. The van der Waals surface area contributed by atoms with E-state index in [1.165, 1.54) is 122 Å². The molecule has 0 rings (SSSR count). The lowest BCUT2D eigenvalue weighted by Crippen LogP contribution is -2.46. The molecule has 44 heavy (non-hydrogen) atoms. The average Bonchev–Trinajstić information content (AvgIpc) is 3.01. The molecule has 5 N–H and O–H groups in total. The lowest BCUT2D eigenvalue weighted by Gasteiger charge is -2.25. The molecular weight excluding hydrogens is 575 g/mol. The van der Waals surface area contributed by atoms with Crippen molar-refractivity contribution in [1.29, 1.82) is 0 Å². The van der Waals surface area contributed by atoms with Gasteiger partial charge in [0.05, 0.1) is 25.4 Å². The fraction of sp³-hybridized carbons (Fsp3) is 0.971. The number of nitrogens with one attached hydrogen (secondary N) is 1. The fourth-order valence-electron chi connectivity index (χ4n) is 5.61. The first-order valence-electron chi connectivity index (χ1n) is 18.7. The number of aliphatic hydroxyl groups excluding tert-OH is 1. The van der Waals surface area contributed by atoms with Crippen molar-refractivity contribution in [1.82, 2.24) is 5.32 Å². The number of unbranched alkanes of at least 4 members (excludes halogenated alkanes) is 23. The molecule has 0 heterocycles. The second-order valence-electron chi connectivity index (χ2n) is 12.8. The summed E-state index contributed by atoms with van der Waals surface area (Å²) in [7, 11) is -4.29. The summed E-state index contributed by atoms with van der Waals surface area (Å²) in [4.78, 5) is 22.5. The van der Waals surface area contributed by atoms with E-state index in [0.29, 0.717) is 12.8 Å². The number of nitrogens with two attached hydrogens (primary N) is 1. The van der Waals surface area contributed by atoms with Gasteiger partial charge in [-0.2, -0.15) is 0 Å². The van der Waals surface area contributed by atoms with Crippen LogP contribution in [0.5, 0.6) is 0 Å². The number of amides is 1. The largest absolute Gasteiger partial charge is 0.472 e.